The molecule has 0 saturated heterocycles. The zero-order valence-electron chi connectivity index (χ0n) is 12.6. The molecule has 5 heteroatoms. The summed E-state index contributed by atoms with van der Waals surface area (Å²) in [6, 6.07) is 10.1. The molecule has 3 atom stereocenters. The molecule has 0 saturated carbocycles. The van der Waals surface area contributed by atoms with E-state index in [1.165, 1.54) is 24.3 Å². The number of rotatable bonds is 1. The van der Waals surface area contributed by atoms with Crippen molar-refractivity contribution < 1.29 is 17.6 Å². The average molecular weight is 333 g/mol. The smallest absolute Gasteiger partial charge is 0.378 e. The molecule has 0 aromatic heterocycles. The van der Waals surface area contributed by atoms with Crippen LogP contribution in [0.15, 0.2) is 54.6 Å². The number of allylic oxidation sites excluding steroid dienone is 2. The Labute approximate surface area is 137 Å². The van der Waals surface area contributed by atoms with Crippen molar-refractivity contribution in [3.05, 3.63) is 77.1 Å². The van der Waals surface area contributed by atoms with Crippen LogP contribution in [0.3, 0.4) is 0 Å². The van der Waals surface area contributed by atoms with E-state index in [1.54, 1.807) is 12.1 Å². The number of hydrogen-bond donors (Lipinski definition) is 1. The van der Waals surface area contributed by atoms with Crippen LogP contribution in [0.2, 0.25) is 0 Å². The minimum atomic E-state index is -4.35. The molecule has 0 unspecified atom stereocenters. The summed E-state index contributed by atoms with van der Waals surface area (Å²) in [5, 5.41) is 3.35. The first-order valence-corrected chi connectivity index (χ1v) is 7.83. The summed E-state index contributed by atoms with van der Waals surface area (Å²) in [7, 11) is 0. The minimum absolute atomic E-state index is 0.0464. The maximum atomic E-state index is 13.2. The van der Waals surface area contributed by atoms with Gasteiger partial charge in [0.25, 0.3) is 0 Å². The van der Waals surface area contributed by atoms with Crippen LogP contribution in [-0.4, -0.2) is 0 Å². The average Bonchev–Trinajstić information content (AvgIpc) is 3.03. The first kappa shape index (κ1) is 15.2. The fourth-order valence-corrected chi connectivity index (χ4v) is 3.77. The molecular formula is C19H15F4N. The third-order valence-corrected chi connectivity index (χ3v) is 4.92. The number of anilines is 1. The molecule has 24 heavy (non-hydrogen) atoms. The Morgan fingerprint density at radius 1 is 1.00 bits per heavy atom. The van der Waals surface area contributed by atoms with Gasteiger partial charge >= 0.3 is 6.18 Å². The van der Waals surface area contributed by atoms with Crippen LogP contribution in [0.4, 0.5) is 23.2 Å². The summed E-state index contributed by atoms with van der Waals surface area (Å²) in [6.45, 7) is 0. The number of alkyl halides is 3. The van der Waals surface area contributed by atoms with Crippen LogP contribution < -0.4 is 5.32 Å². The molecule has 1 heterocycles. The first-order valence-electron chi connectivity index (χ1n) is 7.83. The SMILES string of the molecule is Fc1ccc([C@H]2Nc3ccc(C(F)(F)F)cc3[C@H]3C=CC[C@@H]32)cc1. The van der Waals surface area contributed by atoms with E-state index in [0.29, 0.717) is 11.3 Å². The Kier molecular flexibility index (Phi) is 3.41. The van der Waals surface area contributed by atoms with Gasteiger partial charge in [-0.15, -0.1) is 0 Å². The second-order valence-electron chi connectivity index (χ2n) is 6.33. The van der Waals surface area contributed by atoms with Crippen molar-refractivity contribution in [1.29, 1.82) is 0 Å². The number of hydrogen-bond acceptors (Lipinski definition) is 1. The van der Waals surface area contributed by atoms with E-state index < -0.39 is 11.7 Å². The molecular weight excluding hydrogens is 318 g/mol. The highest BCUT2D eigenvalue weighted by molar-refractivity contribution is 5.61. The molecule has 1 aliphatic heterocycles. The van der Waals surface area contributed by atoms with Gasteiger partial charge in [0.15, 0.2) is 0 Å². The Bertz CT molecular complexity index is 792. The van der Waals surface area contributed by atoms with E-state index in [0.717, 1.165) is 18.1 Å². The summed E-state index contributed by atoms with van der Waals surface area (Å²) in [4.78, 5) is 0. The molecule has 4 rings (SSSR count). The number of benzene rings is 2. The zero-order chi connectivity index (χ0) is 16.9. The minimum Gasteiger partial charge on any atom is -0.378 e. The maximum absolute atomic E-state index is 13.2. The molecule has 0 spiro atoms. The van der Waals surface area contributed by atoms with Gasteiger partial charge < -0.3 is 5.32 Å². The van der Waals surface area contributed by atoms with Crippen LogP contribution in [0.5, 0.6) is 0 Å². The predicted octanol–water partition coefficient (Wildman–Crippen LogP) is 5.67. The van der Waals surface area contributed by atoms with E-state index in [1.807, 2.05) is 12.2 Å². The summed E-state index contributed by atoms with van der Waals surface area (Å²) in [5.74, 6) is -0.226. The van der Waals surface area contributed by atoms with Crippen molar-refractivity contribution in [3.8, 4) is 0 Å². The van der Waals surface area contributed by atoms with Crippen molar-refractivity contribution in [2.45, 2.75) is 24.6 Å². The van der Waals surface area contributed by atoms with Crippen molar-refractivity contribution >= 4 is 5.69 Å². The molecule has 2 aromatic carbocycles. The molecule has 2 aliphatic rings. The fraction of sp³-hybridized carbons (Fsp3) is 0.263. The highest BCUT2D eigenvalue weighted by atomic mass is 19.4. The number of halogens is 4. The highest BCUT2D eigenvalue weighted by Crippen LogP contribution is 2.50. The summed E-state index contributed by atoms with van der Waals surface area (Å²) in [6.07, 6.45) is 0.444. The van der Waals surface area contributed by atoms with Gasteiger partial charge in [-0.25, -0.2) is 4.39 Å². The molecule has 1 nitrogen and oxygen atoms in total. The Balaban J connectivity index is 1.76. The normalized spacial score (nSPS) is 25.1. The van der Waals surface area contributed by atoms with Gasteiger partial charge in [-0.1, -0.05) is 24.3 Å². The lowest BCUT2D eigenvalue weighted by atomic mass is 9.76. The maximum Gasteiger partial charge on any atom is 0.416 e. The van der Waals surface area contributed by atoms with Gasteiger partial charge in [0, 0.05) is 11.6 Å². The Hall–Kier alpha value is -2.30. The monoisotopic (exact) mass is 333 g/mol. The van der Waals surface area contributed by atoms with E-state index in [2.05, 4.69) is 5.32 Å². The summed E-state index contributed by atoms with van der Waals surface area (Å²) >= 11 is 0. The molecule has 0 amide bonds. The van der Waals surface area contributed by atoms with Crippen molar-refractivity contribution in [3.63, 3.8) is 0 Å². The largest absolute Gasteiger partial charge is 0.416 e. The quantitative estimate of drug-likeness (QED) is 0.524. The Morgan fingerprint density at radius 3 is 2.46 bits per heavy atom. The van der Waals surface area contributed by atoms with Gasteiger partial charge in [0.1, 0.15) is 5.82 Å². The lowest BCUT2D eigenvalue weighted by Crippen LogP contribution is -2.29. The molecule has 124 valence electrons. The third-order valence-electron chi connectivity index (χ3n) is 4.92. The van der Waals surface area contributed by atoms with Crippen LogP contribution in [0.1, 0.15) is 35.1 Å². The number of fused-ring (bicyclic) bond motifs is 3. The Morgan fingerprint density at radius 2 is 1.75 bits per heavy atom. The molecule has 0 fully saturated rings. The van der Waals surface area contributed by atoms with Crippen LogP contribution in [0, 0.1) is 11.7 Å². The molecule has 1 N–H and O–H groups in total. The highest BCUT2D eigenvalue weighted by Gasteiger charge is 2.39. The van der Waals surface area contributed by atoms with E-state index in [9.17, 15) is 17.6 Å². The zero-order valence-corrected chi connectivity index (χ0v) is 12.6. The van der Waals surface area contributed by atoms with Gasteiger partial charge in [0.2, 0.25) is 0 Å². The van der Waals surface area contributed by atoms with Gasteiger partial charge in [-0.2, -0.15) is 13.2 Å². The molecule has 0 bridgehead atoms. The van der Waals surface area contributed by atoms with E-state index in [-0.39, 0.29) is 23.7 Å². The standard InChI is InChI=1S/C19H15F4N/c20-13-7-4-11(5-8-13)18-15-3-1-2-14(15)16-10-12(19(21,22)23)6-9-17(16)24-18/h1-2,4-10,14-15,18,24H,3H2/t14-,15-,18+/m0/s1. The van der Waals surface area contributed by atoms with Crippen LogP contribution in [0.25, 0.3) is 0 Å². The molecule has 0 radical (unpaired) electrons. The van der Waals surface area contributed by atoms with Crippen LogP contribution in [-0.2, 0) is 6.18 Å². The second-order valence-corrected chi connectivity index (χ2v) is 6.33. The van der Waals surface area contributed by atoms with Gasteiger partial charge in [-0.05, 0) is 53.8 Å². The van der Waals surface area contributed by atoms with Crippen molar-refractivity contribution in [1.82, 2.24) is 0 Å². The van der Waals surface area contributed by atoms with Gasteiger partial charge in [0.05, 0.1) is 11.6 Å². The summed E-state index contributed by atoms with van der Waals surface area (Å²) in [5.41, 5.74) is 1.72. The van der Waals surface area contributed by atoms with E-state index >= 15 is 0 Å². The fourth-order valence-electron chi connectivity index (χ4n) is 3.77. The molecule has 1 aliphatic carbocycles. The second kappa shape index (κ2) is 5.36. The topological polar surface area (TPSA) is 12.0 Å². The molecule has 2 aromatic rings. The van der Waals surface area contributed by atoms with Crippen molar-refractivity contribution in [2.75, 3.05) is 5.32 Å². The first-order chi connectivity index (χ1) is 11.4. The predicted molar refractivity (Wildman–Crippen MR) is 84.2 cm³/mol. The lowest BCUT2D eigenvalue weighted by molar-refractivity contribution is -0.137. The third kappa shape index (κ3) is 2.48. The lowest BCUT2D eigenvalue weighted by Gasteiger charge is -2.37. The van der Waals surface area contributed by atoms with E-state index in [4.69, 9.17) is 0 Å². The van der Waals surface area contributed by atoms with Crippen molar-refractivity contribution in [2.24, 2.45) is 5.92 Å². The number of nitrogens with one attached hydrogen (secondary N) is 1. The van der Waals surface area contributed by atoms with Gasteiger partial charge in [-0.3, -0.25) is 0 Å². The summed E-state index contributed by atoms with van der Waals surface area (Å²) < 4.78 is 52.2. The van der Waals surface area contributed by atoms with Crippen LogP contribution >= 0.6 is 0 Å².